The van der Waals surface area contributed by atoms with Crippen molar-refractivity contribution in [3.05, 3.63) is 161 Å². The first-order chi connectivity index (χ1) is 25.7. The molecule has 1 saturated heterocycles. The zero-order valence-corrected chi connectivity index (χ0v) is 28.4. The molecule has 3 atom stereocenters. The molecule has 0 radical (unpaired) electrons. The third kappa shape index (κ3) is 7.74. The Morgan fingerprint density at radius 3 is 2.06 bits per heavy atom. The van der Waals surface area contributed by atoms with Gasteiger partial charge in [-0.1, -0.05) is 109 Å². The maximum atomic E-state index is 14.4. The predicted octanol–water partition coefficient (Wildman–Crippen LogP) is 9.79. The van der Waals surface area contributed by atoms with Crippen molar-refractivity contribution in [2.24, 2.45) is 0 Å². The average Bonchev–Trinajstić information content (AvgIpc) is 3.64. The SMILES string of the molecule is O=C(Nc1cccc(C2OC(CSc3nc(-c4ccccc4)c(-c4ccccc4)o3)CC(c3ccc(CO)cc3)O2)c1)c1c(F)c(F)c(F)c(F)c1F. The Hall–Kier alpha value is -5.34. The number of ether oxygens (including phenoxy) is 2. The second kappa shape index (κ2) is 15.7. The monoisotopic (exact) mass is 744 g/mol. The van der Waals surface area contributed by atoms with E-state index >= 15 is 0 Å². The molecule has 2 N–H and O–H groups in total. The van der Waals surface area contributed by atoms with E-state index in [0.29, 0.717) is 40.0 Å². The molecule has 0 aliphatic carbocycles. The van der Waals surface area contributed by atoms with E-state index < -0.39 is 59.1 Å². The van der Waals surface area contributed by atoms with Crippen LogP contribution in [0.3, 0.4) is 0 Å². The minimum atomic E-state index is -2.37. The number of aliphatic hydroxyl groups excluding tert-OH is 1. The van der Waals surface area contributed by atoms with Gasteiger partial charge >= 0.3 is 0 Å². The van der Waals surface area contributed by atoms with Crippen LogP contribution in [0, 0.1) is 29.1 Å². The molecule has 53 heavy (non-hydrogen) atoms. The first-order valence-corrected chi connectivity index (χ1v) is 17.4. The normalized spacial score (nSPS) is 17.1. The maximum Gasteiger partial charge on any atom is 0.261 e. The molecular formula is C40H29F5N2O5S. The molecule has 7 rings (SSSR count). The zero-order valence-electron chi connectivity index (χ0n) is 27.6. The van der Waals surface area contributed by atoms with Crippen molar-refractivity contribution in [2.75, 3.05) is 11.1 Å². The Morgan fingerprint density at radius 1 is 0.755 bits per heavy atom. The maximum absolute atomic E-state index is 14.4. The molecule has 2 heterocycles. The van der Waals surface area contributed by atoms with Gasteiger partial charge in [0.15, 0.2) is 35.3 Å². The van der Waals surface area contributed by atoms with Crippen LogP contribution < -0.4 is 5.32 Å². The molecule has 1 aliphatic heterocycles. The number of carbonyl (C=O) groups is 1. The first kappa shape index (κ1) is 36.0. The zero-order chi connectivity index (χ0) is 37.1. The number of hydrogen-bond acceptors (Lipinski definition) is 7. The molecule has 0 saturated carbocycles. The molecule has 0 spiro atoms. The highest BCUT2D eigenvalue weighted by Gasteiger charge is 2.34. The van der Waals surface area contributed by atoms with Crippen molar-refractivity contribution >= 4 is 23.4 Å². The van der Waals surface area contributed by atoms with Gasteiger partial charge in [-0.3, -0.25) is 4.79 Å². The van der Waals surface area contributed by atoms with Gasteiger partial charge < -0.3 is 24.3 Å². The highest BCUT2D eigenvalue weighted by Crippen LogP contribution is 2.41. The van der Waals surface area contributed by atoms with Crippen LogP contribution in [0.4, 0.5) is 27.6 Å². The molecule has 6 aromatic rings. The summed E-state index contributed by atoms with van der Waals surface area (Å²) in [7, 11) is 0. The highest BCUT2D eigenvalue weighted by molar-refractivity contribution is 7.99. The van der Waals surface area contributed by atoms with E-state index in [9.17, 15) is 31.9 Å². The van der Waals surface area contributed by atoms with E-state index in [1.807, 2.05) is 72.8 Å². The number of nitrogens with one attached hydrogen (secondary N) is 1. The summed E-state index contributed by atoms with van der Waals surface area (Å²) in [4.78, 5) is 17.6. The number of rotatable bonds is 10. The number of benzene rings is 5. The van der Waals surface area contributed by atoms with Gasteiger partial charge in [-0.25, -0.2) is 26.9 Å². The Kier molecular flexibility index (Phi) is 10.7. The number of hydrogen-bond donors (Lipinski definition) is 2. The summed E-state index contributed by atoms with van der Waals surface area (Å²) in [6.07, 6.45) is -1.49. The Balaban J connectivity index is 1.14. The standard InChI is InChI=1S/C40H29F5N2O5S/c41-31-30(32(42)34(44)35(45)33(31)43)38(49)46-27-13-7-12-26(18-27)39-50-28(19-29(51-39)23-16-14-22(20-48)15-17-23)21-53-40-47-36(24-8-3-1-4-9-24)37(52-40)25-10-5-2-6-11-25/h1-18,28-29,39,48H,19-21H2,(H,46,49). The number of carbonyl (C=O) groups excluding carboxylic acids is 1. The van der Waals surface area contributed by atoms with Gasteiger partial charge in [0, 0.05) is 34.6 Å². The van der Waals surface area contributed by atoms with Crippen LogP contribution in [0.25, 0.3) is 22.6 Å². The molecule has 5 aromatic carbocycles. The molecule has 1 amide bonds. The quantitative estimate of drug-likeness (QED) is 0.0625. The lowest BCUT2D eigenvalue weighted by atomic mass is 10.0. The molecule has 1 aromatic heterocycles. The fourth-order valence-corrected chi connectivity index (χ4v) is 6.73. The Labute approximate surface area is 304 Å². The lowest BCUT2D eigenvalue weighted by Gasteiger charge is -2.36. The lowest BCUT2D eigenvalue weighted by molar-refractivity contribution is -0.245. The fraction of sp³-hybridized carbons (Fsp3) is 0.150. The van der Waals surface area contributed by atoms with Gasteiger partial charge in [-0.2, -0.15) is 0 Å². The van der Waals surface area contributed by atoms with Gasteiger partial charge in [0.25, 0.3) is 11.1 Å². The second-order valence-electron chi connectivity index (χ2n) is 12.1. The van der Waals surface area contributed by atoms with Crippen molar-refractivity contribution in [3.63, 3.8) is 0 Å². The Morgan fingerprint density at radius 2 is 1.40 bits per heavy atom. The van der Waals surface area contributed by atoms with Crippen molar-refractivity contribution in [1.29, 1.82) is 0 Å². The van der Waals surface area contributed by atoms with Crippen molar-refractivity contribution in [2.45, 2.75) is 36.7 Å². The summed E-state index contributed by atoms with van der Waals surface area (Å²) in [5.41, 5.74) is 2.76. The van der Waals surface area contributed by atoms with Crippen molar-refractivity contribution < 1.29 is 45.7 Å². The number of amides is 1. The summed E-state index contributed by atoms with van der Waals surface area (Å²) >= 11 is 1.36. The number of aromatic nitrogens is 1. The fourth-order valence-electron chi connectivity index (χ4n) is 5.89. The number of nitrogens with zero attached hydrogens (tertiary/aromatic N) is 1. The van der Waals surface area contributed by atoms with Gasteiger partial charge in [-0.05, 0) is 23.3 Å². The minimum Gasteiger partial charge on any atom is -0.431 e. The largest absolute Gasteiger partial charge is 0.431 e. The predicted molar refractivity (Wildman–Crippen MR) is 187 cm³/mol. The van der Waals surface area contributed by atoms with Crippen LogP contribution in [0.1, 0.15) is 45.9 Å². The highest BCUT2D eigenvalue weighted by atomic mass is 32.2. The van der Waals surface area contributed by atoms with Crippen LogP contribution in [0.5, 0.6) is 0 Å². The van der Waals surface area contributed by atoms with Crippen molar-refractivity contribution in [1.82, 2.24) is 4.98 Å². The molecule has 13 heteroatoms. The topological polar surface area (TPSA) is 93.8 Å². The summed E-state index contributed by atoms with van der Waals surface area (Å²) in [5, 5.41) is 12.2. The van der Waals surface area contributed by atoms with Gasteiger partial charge in [0.2, 0.25) is 5.82 Å². The van der Waals surface area contributed by atoms with E-state index in [4.69, 9.17) is 18.9 Å². The van der Waals surface area contributed by atoms with E-state index in [2.05, 4.69) is 5.32 Å². The van der Waals surface area contributed by atoms with Gasteiger partial charge in [0.05, 0.1) is 18.8 Å². The number of halogens is 5. The van der Waals surface area contributed by atoms with Crippen LogP contribution in [-0.2, 0) is 16.1 Å². The minimum absolute atomic E-state index is 0.00865. The van der Waals surface area contributed by atoms with Crippen LogP contribution in [0.2, 0.25) is 0 Å². The third-order valence-electron chi connectivity index (χ3n) is 8.55. The second-order valence-corrected chi connectivity index (χ2v) is 13.0. The van der Waals surface area contributed by atoms with E-state index in [-0.39, 0.29) is 12.3 Å². The number of thioether (sulfide) groups is 1. The average molecular weight is 745 g/mol. The van der Waals surface area contributed by atoms with Crippen LogP contribution in [0.15, 0.2) is 119 Å². The Bertz CT molecular complexity index is 2150. The molecule has 3 unspecified atom stereocenters. The molecule has 270 valence electrons. The lowest BCUT2D eigenvalue weighted by Crippen LogP contribution is -2.31. The number of oxazole rings is 1. The third-order valence-corrected chi connectivity index (χ3v) is 9.51. The number of anilines is 1. The summed E-state index contributed by atoms with van der Waals surface area (Å²) in [6, 6.07) is 32.5. The van der Waals surface area contributed by atoms with Gasteiger partial charge in [-0.15, -0.1) is 0 Å². The van der Waals surface area contributed by atoms with Gasteiger partial charge in [0.1, 0.15) is 11.3 Å². The molecule has 1 fully saturated rings. The molecular weight excluding hydrogens is 716 g/mol. The molecule has 7 nitrogen and oxygen atoms in total. The summed E-state index contributed by atoms with van der Waals surface area (Å²) < 4.78 is 89.0. The van der Waals surface area contributed by atoms with Crippen LogP contribution in [-0.4, -0.2) is 27.9 Å². The van der Waals surface area contributed by atoms with E-state index in [0.717, 1.165) is 16.7 Å². The first-order valence-electron chi connectivity index (χ1n) is 16.4. The van der Waals surface area contributed by atoms with Crippen LogP contribution >= 0.6 is 11.8 Å². The summed E-state index contributed by atoms with van der Waals surface area (Å²) in [5.74, 6) is -11.8. The number of aliphatic hydroxyl groups is 1. The summed E-state index contributed by atoms with van der Waals surface area (Å²) in [6.45, 7) is -0.133. The van der Waals surface area contributed by atoms with E-state index in [1.54, 1.807) is 18.2 Å². The van der Waals surface area contributed by atoms with E-state index in [1.165, 1.54) is 30.0 Å². The smallest absolute Gasteiger partial charge is 0.261 e. The molecule has 1 aliphatic rings. The van der Waals surface area contributed by atoms with Crippen molar-refractivity contribution in [3.8, 4) is 22.6 Å². The molecule has 0 bridgehead atoms.